The van der Waals surface area contributed by atoms with Crippen molar-refractivity contribution >= 4 is 11.6 Å². The molecule has 0 N–H and O–H groups in total. The minimum Gasteiger partial charge on any atom is -0.192 e. The molecule has 0 fully saturated rings. The van der Waals surface area contributed by atoms with Gasteiger partial charge in [-0.1, -0.05) is 12.1 Å². The van der Waals surface area contributed by atoms with Gasteiger partial charge in [0.1, 0.15) is 5.88 Å². The number of hydrogen-bond acceptors (Lipinski definition) is 1. The molecule has 0 aliphatic rings. The average Bonchev–Trinajstić information content (AvgIpc) is 2.05. The maximum Gasteiger partial charge on any atom is 0.120 e. The van der Waals surface area contributed by atoms with Crippen LogP contribution < -0.4 is 0 Å². The van der Waals surface area contributed by atoms with Crippen LogP contribution in [0.1, 0.15) is 11.1 Å². The van der Waals surface area contributed by atoms with Crippen LogP contribution in [0, 0.1) is 17.2 Å². The second-order valence-corrected chi connectivity index (χ2v) is 1.97. The lowest BCUT2D eigenvalue weighted by atomic mass is 10.2. The highest BCUT2D eigenvalue weighted by atomic mass is 35.5. The van der Waals surface area contributed by atoms with Gasteiger partial charge in [0.05, 0.1) is 11.6 Å². The van der Waals surface area contributed by atoms with E-state index in [9.17, 15) is 0 Å². The molecule has 0 aliphatic heterocycles. The summed E-state index contributed by atoms with van der Waals surface area (Å²) in [6, 6.07) is 8.89. The number of nitrogens with zero attached hydrogens (tertiary/aromatic N) is 1. The molecule has 0 aromatic heterocycles. The van der Waals surface area contributed by atoms with Crippen LogP contribution in [-0.4, -0.2) is 0 Å². The van der Waals surface area contributed by atoms with Crippen molar-refractivity contribution in [1.29, 1.82) is 5.26 Å². The van der Waals surface area contributed by atoms with E-state index in [1.807, 2.05) is 6.07 Å². The minimum absolute atomic E-state index is 0.635. The van der Waals surface area contributed by atoms with Gasteiger partial charge in [0.2, 0.25) is 0 Å². The van der Waals surface area contributed by atoms with Gasteiger partial charge in [-0.2, -0.15) is 5.26 Å². The second kappa shape index (κ2) is 3.24. The normalized spacial score (nSPS) is 8.80. The Labute approximate surface area is 64.9 Å². The predicted octanol–water partition coefficient (Wildman–Crippen LogP) is 2.18. The summed E-state index contributed by atoms with van der Waals surface area (Å²) in [4.78, 5) is 0. The van der Waals surface area contributed by atoms with E-state index in [2.05, 4.69) is 5.88 Å². The molecule has 0 atom stereocenters. The van der Waals surface area contributed by atoms with Gasteiger partial charge in [-0.15, -0.1) is 11.6 Å². The summed E-state index contributed by atoms with van der Waals surface area (Å²) < 4.78 is 0. The zero-order valence-electron chi connectivity index (χ0n) is 5.13. The van der Waals surface area contributed by atoms with E-state index in [4.69, 9.17) is 16.9 Å². The highest BCUT2D eigenvalue weighted by molar-refractivity contribution is 6.25. The van der Waals surface area contributed by atoms with Crippen molar-refractivity contribution in [2.24, 2.45) is 0 Å². The van der Waals surface area contributed by atoms with Gasteiger partial charge >= 0.3 is 0 Å². The first-order chi connectivity index (χ1) is 4.86. The summed E-state index contributed by atoms with van der Waals surface area (Å²) in [6.07, 6.45) is 0. The molecule has 0 unspecified atom stereocenters. The molecule has 0 heterocycles. The van der Waals surface area contributed by atoms with Gasteiger partial charge in [0, 0.05) is 0 Å². The van der Waals surface area contributed by atoms with Crippen LogP contribution in [0.3, 0.4) is 0 Å². The molecule has 2 heteroatoms. The molecule has 2 radical (unpaired) electrons. The van der Waals surface area contributed by atoms with E-state index in [-0.39, 0.29) is 0 Å². The van der Waals surface area contributed by atoms with Crippen molar-refractivity contribution in [2.75, 3.05) is 0 Å². The minimum atomic E-state index is 0.635. The Morgan fingerprint density at radius 3 is 2.00 bits per heavy atom. The Morgan fingerprint density at radius 1 is 1.10 bits per heavy atom. The summed E-state index contributed by atoms with van der Waals surface area (Å²) in [5.74, 6) is 2.44. The molecule has 0 spiro atoms. The first-order valence-corrected chi connectivity index (χ1v) is 3.11. The summed E-state index contributed by atoms with van der Waals surface area (Å²) in [6.45, 7) is 0. The lowest BCUT2D eigenvalue weighted by Gasteiger charge is -1.90. The Kier molecular flexibility index (Phi) is 2.30. The molecule has 0 saturated heterocycles. The highest BCUT2D eigenvalue weighted by Crippen LogP contribution is 2.06. The number of rotatable bonds is 1. The standard InChI is InChI=1S/C8H4ClN/c9-5-7-1-3-8(6-10)4-2-7/h1-4H. The smallest absolute Gasteiger partial charge is 0.120 e. The first kappa shape index (κ1) is 7.11. The van der Waals surface area contributed by atoms with Gasteiger partial charge in [0.25, 0.3) is 0 Å². The third kappa shape index (κ3) is 1.49. The van der Waals surface area contributed by atoms with E-state index in [0.29, 0.717) is 5.56 Å². The van der Waals surface area contributed by atoms with Crippen molar-refractivity contribution in [3.05, 3.63) is 41.3 Å². The van der Waals surface area contributed by atoms with Gasteiger partial charge < -0.3 is 0 Å². The van der Waals surface area contributed by atoms with Crippen LogP contribution in [0.5, 0.6) is 0 Å². The van der Waals surface area contributed by atoms with Crippen LogP contribution in [0.15, 0.2) is 24.3 Å². The summed E-state index contributed by atoms with van der Waals surface area (Å²) in [5, 5.41) is 8.40. The van der Waals surface area contributed by atoms with Crippen LogP contribution in [-0.2, 0) is 0 Å². The van der Waals surface area contributed by atoms with E-state index < -0.39 is 0 Å². The van der Waals surface area contributed by atoms with E-state index in [1.165, 1.54) is 0 Å². The van der Waals surface area contributed by atoms with Crippen molar-refractivity contribution < 1.29 is 0 Å². The second-order valence-electron chi connectivity index (χ2n) is 1.78. The third-order valence-electron chi connectivity index (χ3n) is 1.12. The van der Waals surface area contributed by atoms with E-state index >= 15 is 0 Å². The van der Waals surface area contributed by atoms with E-state index in [1.54, 1.807) is 24.3 Å². The lowest BCUT2D eigenvalue weighted by molar-refractivity contribution is 1.47. The number of benzene rings is 1. The number of hydrogen-bond donors (Lipinski definition) is 0. The molecule has 1 aromatic carbocycles. The summed E-state index contributed by atoms with van der Waals surface area (Å²) >= 11 is 5.29. The zero-order valence-corrected chi connectivity index (χ0v) is 5.89. The quantitative estimate of drug-likeness (QED) is 0.601. The number of nitriles is 1. The fourth-order valence-electron chi connectivity index (χ4n) is 0.608. The van der Waals surface area contributed by atoms with Gasteiger partial charge in [0.15, 0.2) is 0 Å². The summed E-state index contributed by atoms with van der Waals surface area (Å²) in [7, 11) is 0. The molecule has 0 saturated carbocycles. The SMILES string of the molecule is N#Cc1ccc([C]Cl)cc1. The van der Waals surface area contributed by atoms with Gasteiger partial charge in [-0.25, -0.2) is 0 Å². The monoisotopic (exact) mass is 149 g/mol. The van der Waals surface area contributed by atoms with Crippen LogP contribution in [0.4, 0.5) is 0 Å². The molecule has 48 valence electrons. The lowest BCUT2D eigenvalue weighted by Crippen LogP contribution is -1.75. The van der Waals surface area contributed by atoms with E-state index in [0.717, 1.165) is 5.56 Å². The van der Waals surface area contributed by atoms with Crippen molar-refractivity contribution in [3.63, 3.8) is 0 Å². The molecule has 0 aliphatic carbocycles. The molecule has 0 amide bonds. The topological polar surface area (TPSA) is 23.8 Å². The fourth-order valence-corrected chi connectivity index (χ4v) is 0.734. The van der Waals surface area contributed by atoms with Crippen molar-refractivity contribution in [2.45, 2.75) is 0 Å². The number of halogens is 1. The van der Waals surface area contributed by atoms with Crippen LogP contribution >= 0.6 is 11.6 Å². The van der Waals surface area contributed by atoms with Gasteiger partial charge in [-0.3, -0.25) is 0 Å². The van der Waals surface area contributed by atoms with Crippen LogP contribution in [0.25, 0.3) is 0 Å². The molecular formula is C8H4ClN. The first-order valence-electron chi connectivity index (χ1n) is 2.73. The summed E-state index contributed by atoms with van der Waals surface area (Å²) in [5.41, 5.74) is 1.43. The Morgan fingerprint density at radius 2 is 1.60 bits per heavy atom. The van der Waals surface area contributed by atoms with Crippen LogP contribution in [0.2, 0.25) is 0 Å². The van der Waals surface area contributed by atoms with Crippen molar-refractivity contribution in [1.82, 2.24) is 0 Å². The maximum atomic E-state index is 8.40. The van der Waals surface area contributed by atoms with Crippen molar-refractivity contribution in [3.8, 4) is 6.07 Å². The molecular weight excluding hydrogens is 146 g/mol. The average molecular weight is 150 g/mol. The maximum absolute atomic E-state index is 8.40. The van der Waals surface area contributed by atoms with Gasteiger partial charge in [-0.05, 0) is 17.7 Å². The Bertz CT molecular complexity index is 245. The zero-order chi connectivity index (χ0) is 7.40. The highest BCUT2D eigenvalue weighted by Gasteiger charge is 1.90. The Balaban J connectivity index is 2.93. The predicted molar refractivity (Wildman–Crippen MR) is 39.4 cm³/mol. The molecule has 10 heavy (non-hydrogen) atoms. The largest absolute Gasteiger partial charge is 0.192 e. The fraction of sp³-hybridized carbons (Fsp3) is 0. The third-order valence-corrected chi connectivity index (χ3v) is 1.34. The molecule has 1 rings (SSSR count). The Hall–Kier alpha value is -1.00. The molecule has 1 nitrogen and oxygen atoms in total. The molecule has 0 bridgehead atoms. The molecule has 1 aromatic rings.